The molecular weight excluding hydrogens is 386 g/mol. The summed E-state index contributed by atoms with van der Waals surface area (Å²) in [4.78, 5) is 17.8. The van der Waals surface area contributed by atoms with Gasteiger partial charge in [-0.3, -0.25) is 4.79 Å². The third-order valence-corrected chi connectivity index (χ3v) is 5.31. The number of nitrogens with one attached hydrogen (secondary N) is 1. The van der Waals surface area contributed by atoms with Gasteiger partial charge in [0.1, 0.15) is 11.5 Å². The summed E-state index contributed by atoms with van der Waals surface area (Å²) in [5.41, 5.74) is 4.91. The summed E-state index contributed by atoms with van der Waals surface area (Å²) in [7, 11) is 1.96. The number of para-hydroxylation sites is 3. The Labute approximate surface area is 179 Å². The van der Waals surface area contributed by atoms with Gasteiger partial charge in [-0.2, -0.15) is 5.10 Å². The van der Waals surface area contributed by atoms with Crippen LogP contribution in [0.25, 0.3) is 28.0 Å². The van der Waals surface area contributed by atoms with Gasteiger partial charge >= 0.3 is 0 Å². The second-order valence-electron chi connectivity index (χ2n) is 7.30. The number of fused-ring (bicyclic) bond motifs is 1. The maximum absolute atomic E-state index is 13.2. The smallest absolute Gasteiger partial charge is 0.255 e. The molecule has 0 unspecified atom stereocenters. The van der Waals surface area contributed by atoms with Crippen molar-refractivity contribution in [3.8, 4) is 16.9 Å². The molecule has 1 amide bonds. The van der Waals surface area contributed by atoms with Crippen molar-refractivity contribution in [1.82, 2.24) is 24.6 Å². The number of carbonyl (C=O) groups excluding carboxylic acids is 1. The minimum absolute atomic E-state index is 0.187. The summed E-state index contributed by atoms with van der Waals surface area (Å²) in [5.74, 6) is 0.611. The molecule has 0 aliphatic carbocycles. The largest absolute Gasteiger partial charge is 0.345 e. The lowest BCUT2D eigenvalue weighted by atomic mass is 10.1. The molecule has 6 heteroatoms. The van der Waals surface area contributed by atoms with Gasteiger partial charge in [-0.05, 0) is 24.3 Å². The van der Waals surface area contributed by atoms with Gasteiger partial charge in [0.05, 0.1) is 28.8 Å². The zero-order valence-electron chi connectivity index (χ0n) is 17.1. The van der Waals surface area contributed by atoms with Crippen molar-refractivity contribution in [2.45, 2.75) is 6.54 Å². The maximum atomic E-state index is 13.2. The maximum Gasteiger partial charge on any atom is 0.255 e. The average molecular weight is 407 g/mol. The summed E-state index contributed by atoms with van der Waals surface area (Å²) in [5, 5.41) is 7.73. The Bertz CT molecular complexity index is 1350. The van der Waals surface area contributed by atoms with Crippen molar-refractivity contribution in [2.24, 2.45) is 7.05 Å². The second-order valence-corrected chi connectivity index (χ2v) is 7.30. The molecule has 0 bridgehead atoms. The molecule has 0 saturated heterocycles. The first-order valence-electron chi connectivity index (χ1n) is 10.1. The number of hydrogen-bond acceptors (Lipinski definition) is 3. The van der Waals surface area contributed by atoms with Crippen LogP contribution >= 0.6 is 0 Å². The number of hydrogen-bond donors (Lipinski definition) is 1. The zero-order valence-corrected chi connectivity index (χ0v) is 17.1. The van der Waals surface area contributed by atoms with E-state index in [-0.39, 0.29) is 5.91 Å². The van der Waals surface area contributed by atoms with E-state index in [4.69, 9.17) is 5.10 Å². The van der Waals surface area contributed by atoms with Crippen LogP contribution in [0.5, 0.6) is 0 Å². The van der Waals surface area contributed by atoms with Gasteiger partial charge in [0, 0.05) is 18.8 Å². The van der Waals surface area contributed by atoms with Crippen molar-refractivity contribution >= 4 is 16.9 Å². The molecule has 2 heterocycles. The molecule has 3 aromatic carbocycles. The molecule has 5 aromatic rings. The van der Waals surface area contributed by atoms with Crippen molar-refractivity contribution in [3.63, 3.8) is 0 Å². The minimum atomic E-state index is -0.187. The zero-order chi connectivity index (χ0) is 21.2. The average Bonchev–Trinajstić information content (AvgIpc) is 3.41. The Kier molecular flexibility index (Phi) is 4.80. The van der Waals surface area contributed by atoms with Crippen molar-refractivity contribution in [1.29, 1.82) is 0 Å². The van der Waals surface area contributed by atoms with Gasteiger partial charge in [-0.1, -0.05) is 60.7 Å². The van der Waals surface area contributed by atoms with Gasteiger partial charge in [-0.15, -0.1) is 0 Å². The quantitative estimate of drug-likeness (QED) is 0.471. The predicted molar refractivity (Wildman–Crippen MR) is 121 cm³/mol. The molecule has 1 N–H and O–H groups in total. The van der Waals surface area contributed by atoms with E-state index in [1.807, 2.05) is 96.5 Å². The number of benzene rings is 3. The van der Waals surface area contributed by atoms with E-state index in [2.05, 4.69) is 10.3 Å². The molecule has 152 valence electrons. The van der Waals surface area contributed by atoms with Crippen LogP contribution in [0.1, 0.15) is 16.2 Å². The monoisotopic (exact) mass is 407 g/mol. The molecule has 0 aliphatic rings. The summed E-state index contributed by atoms with van der Waals surface area (Å²) in [6.07, 6.45) is 1.78. The van der Waals surface area contributed by atoms with Crippen molar-refractivity contribution < 1.29 is 4.79 Å². The lowest BCUT2D eigenvalue weighted by Crippen LogP contribution is -2.24. The third-order valence-electron chi connectivity index (χ3n) is 5.31. The van der Waals surface area contributed by atoms with Gasteiger partial charge < -0.3 is 9.88 Å². The van der Waals surface area contributed by atoms with Crippen LogP contribution < -0.4 is 5.32 Å². The highest BCUT2D eigenvalue weighted by molar-refractivity contribution is 5.99. The highest BCUT2D eigenvalue weighted by Crippen LogP contribution is 2.24. The van der Waals surface area contributed by atoms with Gasteiger partial charge in [0.2, 0.25) is 0 Å². The first-order chi connectivity index (χ1) is 15.2. The number of aromatic nitrogens is 4. The molecule has 2 aromatic heterocycles. The van der Waals surface area contributed by atoms with Crippen molar-refractivity contribution in [2.75, 3.05) is 0 Å². The first kappa shape index (κ1) is 18.8. The fourth-order valence-corrected chi connectivity index (χ4v) is 3.67. The lowest BCUT2D eigenvalue weighted by Gasteiger charge is -2.06. The Balaban J connectivity index is 1.47. The summed E-state index contributed by atoms with van der Waals surface area (Å²) >= 11 is 0. The van der Waals surface area contributed by atoms with E-state index in [1.165, 1.54) is 0 Å². The fourth-order valence-electron chi connectivity index (χ4n) is 3.67. The summed E-state index contributed by atoms with van der Waals surface area (Å²) < 4.78 is 3.74. The minimum Gasteiger partial charge on any atom is -0.345 e. The van der Waals surface area contributed by atoms with E-state index in [0.717, 1.165) is 28.1 Å². The van der Waals surface area contributed by atoms with Crippen LogP contribution in [0.4, 0.5) is 0 Å². The van der Waals surface area contributed by atoms with Crippen LogP contribution in [-0.4, -0.2) is 25.2 Å². The molecule has 5 rings (SSSR count). The van der Waals surface area contributed by atoms with E-state index < -0.39 is 0 Å². The molecule has 31 heavy (non-hydrogen) atoms. The highest BCUT2D eigenvalue weighted by atomic mass is 16.1. The number of aryl methyl sites for hydroxylation is 1. The number of imidazole rings is 1. The Morgan fingerprint density at radius 1 is 0.903 bits per heavy atom. The number of carbonyl (C=O) groups is 1. The van der Waals surface area contributed by atoms with Crippen molar-refractivity contribution in [3.05, 3.63) is 103 Å². The van der Waals surface area contributed by atoms with Gasteiger partial charge in [0.15, 0.2) is 0 Å². The molecule has 0 atom stereocenters. The third kappa shape index (κ3) is 3.59. The first-order valence-corrected chi connectivity index (χ1v) is 10.1. The van der Waals surface area contributed by atoms with E-state index in [9.17, 15) is 4.79 Å². The predicted octanol–water partition coefficient (Wildman–Crippen LogP) is 4.36. The molecule has 0 aliphatic heterocycles. The Morgan fingerprint density at radius 3 is 2.32 bits per heavy atom. The van der Waals surface area contributed by atoms with E-state index >= 15 is 0 Å². The standard InChI is InChI=1S/C25H21N5O/c1-29-22-15-9-8-14-21(22)27-23(29)16-26-25(31)20-17-30(19-12-6-3-7-13-19)28-24(20)18-10-4-2-5-11-18/h2-15,17H,16H2,1H3,(H,26,31). The SMILES string of the molecule is Cn1c(CNC(=O)c2cn(-c3ccccc3)nc2-c2ccccc2)nc2ccccc21. The van der Waals surface area contributed by atoms with Crippen LogP contribution in [0.3, 0.4) is 0 Å². The topological polar surface area (TPSA) is 64.7 Å². The summed E-state index contributed by atoms with van der Waals surface area (Å²) in [6.45, 7) is 0.328. The molecule has 0 fully saturated rings. The van der Waals surface area contributed by atoms with E-state index in [0.29, 0.717) is 17.8 Å². The van der Waals surface area contributed by atoms with Gasteiger partial charge in [0.25, 0.3) is 5.91 Å². The summed E-state index contributed by atoms with van der Waals surface area (Å²) in [6, 6.07) is 27.5. The molecule has 0 radical (unpaired) electrons. The van der Waals surface area contributed by atoms with Crippen LogP contribution in [0.2, 0.25) is 0 Å². The van der Waals surface area contributed by atoms with E-state index in [1.54, 1.807) is 10.9 Å². The normalized spacial score (nSPS) is 11.0. The number of rotatable bonds is 5. The van der Waals surface area contributed by atoms with Crippen LogP contribution in [0.15, 0.2) is 91.1 Å². The second kappa shape index (κ2) is 7.91. The molecule has 0 spiro atoms. The highest BCUT2D eigenvalue weighted by Gasteiger charge is 2.19. The van der Waals surface area contributed by atoms with Gasteiger partial charge in [-0.25, -0.2) is 9.67 Å². The number of nitrogens with zero attached hydrogens (tertiary/aromatic N) is 4. The lowest BCUT2D eigenvalue weighted by molar-refractivity contribution is 0.0950. The number of amides is 1. The van der Waals surface area contributed by atoms with Crippen LogP contribution in [-0.2, 0) is 13.6 Å². The fraction of sp³-hybridized carbons (Fsp3) is 0.0800. The molecule has 0 saturated carbocycles. The Hall–Kier alpha value is -4.19. The van der Waals surface area contributed by atoms with Crippen LogP contribution in [0, 0.1) is 0 Å². The molecule has 6 nitrogen and oxygen atoms in total. The Morgan fingerprint density at radius 2 is 1.58 bits per heavy atom. The molecular formula is C25H21N5O.